The molecule has 4 rings (SSSR count). The number of hydrogen-bond acceptors (Lipinski definition) is 5. The molecule has 2 aliphatic rings. The van der Waals surface area contributed by atoms with Crippen molar-refractivity contribution in [3.63, 3.8) is 0 Å². The molecular weight excluding hydrogens is 338 g/mol. The third-order valence-electron chi connectivity index (χ3n) is 4.44. The number of anilines is 1. The lowest BCUT2D eigenvalue weighted by Gasteiger charge is -2.28. The molecule has 2 heterocycles. The normalized spacial score (nSPS) is 19.5. The first kappa shape index (κ1) is 15.8. The zero-order valence-corrected chi connectivity index (χ0v) is 14.1. The van der Waals surface area contributed by atoms with Crippen molar-refractivity contribution in [3.05, 3.63) is 64.2 Å². The maximum absolute atomic E-state index is 12.6. The summed E-state index contributed by atoms with van der Waals surface area (Å²) in [5, 5.41) is 16.8. The fourth-order valence-corrected chi connectivity index (χ4v) is 4.31. The van der Waals surface area contributed by atoms with Gasteiger partial charge in [0.2, 0.25) is 5.91 Å². The van der Waals surface area contributed by atoms with Gasteiger partial charge in [-0.3, -0.25) is 14.9 Å². The molecule has 0 aromatic heterocycles. The second-order valence-electron chi connectivity index (χ2n) is 6.00. The molecule has 0 fully saturated rings. The summed E-state index contributed by atoms with van der Waals surface area (Å²) in [6.45, 7) is 0. The van der Waals surface area contributed by atoms with E-state index in [1.165, 1.54) is 22.0 Å². The largest absolute Gasteiger partial charge is 0.273 e. The fraction of sp³-hybridized carbons (Fsp3) is 0.222. The number of rotatable bonds is 2. The van der Waals surface area contributed by atoms with E-state index in [9.17, 15) is 14.9 Å². The van der Waals surface area contributed by atoms with Gasteiger partial charge in [0.1, 0.15) is 0 Å². The van der Waals surface area contributed by atoms with Gasteiger partial charge in [0.15, 0.2) is 0 Å². The van der Waals surface area contributed by atoms with Crippen molar-refractivity contribution < 1.29 is 9.72 Å². The number of hydrazone groups is 1. The summed E-state index contributed by atoms with van der Waals surface area (Å²) in [5.41, 5.74) is 2.55. The molecule has 1 amide bonds. The van der Waals surface area contributed by atoms with Gasteiger partial charge < -0.3 is 0 Å². The highest BCUT2D eigenvalue weighted by Gasteiger charge is 2.33. The summed E-state index contributed by atoms with van der Waals surface area (Å²) in [7, 11) is 0. The molecule has 0 aliphatic carbocycles. The van der Waals surface area contributed by atoms with E-state index >= 15 is 0 Å². The maximum atomic E-state index is 12.6. The van der Waals surface area contributed by atoms with E-state index in [1.54, 1.807) is 23.9 Å². The van der Waals surface area contributed by atoms with Crippen LogP contribution in [0.4, 0.5) is 11.4 Å². The molecule has 1 atom stereocenters. The Bertz CT molecular complexity index is 879. The Morgan fingerprint density at radius 2 is 1.92 bits per heavy atom. The number of fused-ring (bicyclic) bond motifs is 3. The molecule has 7 heteroatoms. The van der Waals surface area contributed by atoms with Crippen LogP contribution in [0.5, 0.6) is 0 Å². The molecule has 2 aromatic rings. The highest BCUT2D eigenvalue weighted by Crippen LogP contribution is 2.36. The molecule has 0 saturated carbocycles. The maximum Gasteiger partial charge on any atom is 0.269 e. The van der Waals surface area contributed by atoms with Crippen LogP contribution in [-0.2, 0) is 4.79 Å². The van der Waals surface area contributed by atoms with Gasteiger partial charge in [0.25, 0.3) is 5.69 Å². The van der Waals surface area contributed by atoms with E-state index in [1.807, 2.05) is 18.2 Å². The standard InChI is InChI=1S/C18H15N3O3S/c22-17-11-12-9-10-25-16-4-2-1-3-15(16)18(12)19-20(17)13-5-7-14(8-6-13)21(23)24/h1-8,12H,9-11H2. The van der Waals surface area contributed by atoms with Gasteiger partial charge in [0.05, 0.1) is 16.3 Å². The minimum Gasteiger partial charge on any atom is -0.273 e. The van der Waals surface area contributed by atoms with Gasteiger partial charge in [-0.25, -0.2) is 5.01 Å². The molecule has 25 heavy (non-hydrogen) atoms. The molecule has 126 valence electrons. The van der Waals surface area contributed by atoms with Crippen molar-refractivity contribution in [3.8, 4) is 0 Å². The molecule has 0 N–H and O–H groups in total. The lowest BCUT2D eigenvalue weighted by molar-refractivity contribution is -0.384. The zero-order chi connectivity index (χ0) is 17.4. The molecule has 2 aromatic carbocycles. The number of benzene rings is 2. The Morgan fingerprint density at radius 1 is 1.16 bits per heavy atom. The summed E-state index contributed by atoms with van der Waals surface area (Å²) in [6, 6.07) is 14.0. The quantitative estimate of drug-likeness (QED) is 0.607. The third-order valence-corrected chi connectivity index (χ3v) is 5.55. The van der Waals surface area contributed by atoms with Crippen LogP contribution in [0.1, 0.15) is 18.4 Å². The minimum atomic E-state index is -0.456. The van der Waals surface area contributed by atoms with Crippen LogP contribution in [0.2, 0.25) is 0 Å². The number of nitro benzene ring substituents is 1. The predicted octanol–water partition coefficient (Wildman–Crippen LogP) is 3.85. The van der Waals surface area contributed by atoms with Gasteiger partial charge in [0, 0.05) is 34.9 Å². The Hall–Kier alpha value is -2.67. The van der Waals surface area contributed by atoms with Crippen molar-refractivity contribution in [2.75, 3.05) is 10.8 Å². The summed E-state index contributed by atoms with van der Waals surface area (Å²) in [4.78, 5) is 24.1. The van der Waals surface area contributed by atoms with Crippen LogP contribution in [0, 0.1) is 16.0 Å². The van der Waals surface area contributed by atoms with Crippen molar-refractivity contribution in [2.45, 2.75) is 17.7 Å². The molecule has 0 radical (unpaired) electrons. The second kappa shape index (κ2) is 6.33. The van der Waals surface area contributed by atoms with E-state index < -0.39 is 4.92 Å². The molecule has 0 saturated heterocycles. The van der Waals surface area contributed by atoms with Crippen LogP contribution in [0.25, 0.3) is 0 Å². The minimum absolute atomic E-state index is 0.00468. The topological polar surface area (TPSA) is 75.8 Å². The van der Waals surface area contributed by atoms with E-state index in [2.05, 4.69) is 11.2 Å². The van der Waals surface area contributed by atoms with Crippen LogP contribution in [0.3, 0.4) is 0 Å². The number of nitro groups is 1. The van der Waals surface area contributed by atoms with Crippen molar-refractivity contribution in [2.24, 2.45) is 11.0 Å². The van der Waals surface area contributed by atoms with Crippen molar-refractivity contribution in [1.82, 2.24) is 0 Å². The third kappa shape index (κ3) is 2.91. The highest BCUT2D eigenvalue weighted by atomic mass is 32.2. The van der Waals surface area contributed by atoms with Crippen molar-refractivity contribution in [1.29, 1.82) is 0 Å². The van der Waals surface area contributed by atoms with Crippen molar-refractivity contribution >= 4 is 34.8 Å². The van der Waals surface area contributed by atoms with Gasteiger partial charge in [-0.2, -0.15) is 5.10 Å². The highest BCUT2D eigenvalue weighted by molar-refractivity contribution is 7.99. The lowest BCUT2D eigenvalue weighted by Crippen LogP contribution is -2.37. The summed E-state index contributed by atoms with van der Waals surface area (Å²) >= 11 is 1.79. The Balaban J connectivity index is 1.76. The van der Waals surface area contributed by atoms with Crippen LogP contribution in [-0.4, -0.2) is 22.3 Å². The van der Waals surface area contributed by atoms with Crippen LogP contribution < -0.4 is 5.01 Å². The summed E-state index contributed by atoms with van der Waals surface area (Å²) < 4.78 is 0. The number of thioether (sulfide) groups is 1. The van der Waals surface area contributed by atoms with Crippen LogP contribution >= 0.6 is 11.8 Å². The zero-order valence-electron chi connectivity index (χ0n) is 13.3. The Morgan fingerprint density at radius 3 is 2.68 bits per heavy atom. The first-order valence-corrected chi connectivity index (χ1v) is 9.00. The van der Waals surface area contributed by atoms with E-state index in [0.717, 1.165) is 23.4 Å². The average Bonchev–Trinajstić information content (AvgIpc) is 2.80. The van der Waals surface area contributed by atoms with E-state index in [4.69, 9.17) is 0 Å². The van der Waals surface area contributed by atoms with Gasteiger partial charge in [-0.05, 0) is 30.4 Å². The smallest absolute Gasteiger partial charge is 0.269 e. The lowest BCUT2D eigenvalue weighted by atomic mass is 9.90. The predicted molar refractivity (Wildman–Crippen MR) is 97.0 cm³/mol. The number of carbonyl (C=O) groups is 1. The first-order chi connectivity index (χ1) is 12.1. The molecule has 0 bridgehead atoms. The van der Waals surface area contributed by atoms with E-state index in [-0.39, 0.29) is 17.5 Å². The Kier molecular flexibility index (Phi) is 4.01. The second-order valence-corrected chi connectivity index (χ2v) is 7.14. The summed E-state index contributed by atoms with van der Waals surface area (Å²) in [6.07, 6.45) is 1.32. The van der Waals surface area contributed by atoms with Gasteiger partial charge in [-0.1, -0.05) is 18.2 Å². The van der Waals surface area contributed by atoms with Gasteiger partial charge >= 0.3 is 0 Å². The van der Waals surface area contributed by atoms with Gasteiger partial charge in [-0.15, -0.1) is 11.8 Å². The number of nitrogens with zero attached hydrogens (tertiary/aromatic N) is 3. The Labute approximate surface area is 148 Å². The fourth-order valence-electron chi connectivity index (χ4n) is 3.18. The SMILES string of the molecule is O=C1CC2CCSc3ccccc3C2=NN1c1ccc([N+](=O)[O-])cc1. The monoisotopic (exact) mass is 353 g/mol. The van der Waals surface area contributed by atoms with Crippen LogP contribution in [0.15, 0.2) is 58.5 Å². The number of carbonyl (C=O) groups excluding carboxylic acids is 1. The molecule has 1 unspecified atom stereocenters. The molecular formula is C18H15N3O3S. The summed E-state index contributed by atoms with van der Waals surface area (Å²) in [5.74, 6) is 1.01. The first-order valence-electron chi connectivity index (χ1n) is 8.01. The molecule has 2 aliphatic heterocycles. The number of amides is 1. The average molecular weight is 353 g/mol. The van der Waals surface area contributed by atoms with E-state index in [0.29, 0.717) is 12.1 Å². The number of non-ortho nitro benzene ring substituents is 1. The molecule has 0 spiro atoms. The number of hydrogen-bond donors (Lipinski definition) is 0. The molecule has 6 nitrogen and oxygen atoms in total.